The van der Waals surface area contributed by atoms with E-state index in [1.807, 2.05) is 26.0 Å². The summed E-state index contributed by atoms with van der Waals surface area (Å²) in [6.45, 7) is 12.4. The lowest BCUT2D eigenvalue weighted by Crippen LogP contribution is -2.74. The molecule has 0 saturated heterocycles. The Bertz CT molecular complexity index is 993. The topological polar surface area (TPSA) is 87.0 Å². The number of carbonyl (C=O) groups excluding carboxylic acids is 1. The Morgan fingerprint density at radius 3 is 2.39 bits per heavy atom. The van der Waals surface area contributed by atoms with Gasteiger partial charge in [-0.2, -0.15) is 5.26 Å². The summed E-state index contributed by atoms with van der Waals surface area (Å²) in [4.78, 5) is 17.2. The van der Waals surface area contributed by atoms with Crippen molar-refractivity contribution in [1.29, 1.82) is 5.26 Å². The molecule has 0 bridgehead atoms. The van der Waals surface area contributed by atoms with Crippen LogP contribution in [0.2, 0.25) is 5.02 Å². The van der Waals surface area contributed by atoms with E-state index in [2.05, 4.69) is 43.3 Å². The molecule has 2 N–H and O–H groups in total. The van der Waals surface area contributed by atoms with Crippen molar-refractivity contribution in [1.82, 2.24) is 10.3 Å². The number of carbonyl (C=O) groups is 1. The van der Waals surface area contributed by atoms with Crippen LogP contribution in [0.15, 0.2) is 36.5 Å². The van der Waals surface area contributed by atoms with Crippen molar-refractivity contribution in [3.8, 4) is 11.8 Å². The molecule has 6 nitrogen and oxygen atoms in total. The molecule has 164 valence electrons. The van der Waals surface area contributed by atoms with Gasteiger partial charge in [-0.15, -0.1) is 0 Å². The zero-order valence-electron chi connectivity index (χ0n) is 18.8. The van der Waals surface area contributed by atoms with Crippen LogP contribution in [0.3, 0.4) is 0 Å². The van der Waals surface area contributed by atoms with E-state index in [1.54, 1.807) is 30.5 Å². The number of nitrogens with one attached hydrogen (secondary N) is 2. The average molecular weight is 441 g/mol. The minimum atomic E-state index is -0.321. The van der Waals surface area contributed by atoms with E-state index >= 15 is 0 Å². The van der Waals surface area contributed by atoms with Gasteiger partial charge in [-0.05, 0) is 38.1 Å². The number of hydrogen-bond acceptors (Lipinski definition) is 5. The Hall–Kier alpha value is -2.78. The van der Waals surface area contributed by atoms with Crippen molar-refractivity contribution in [2.45, 2.75) is 59.7 Å². The molecule has 1 aromatic carbocycles. The van der Waals surface area contributed by atoms with Crippen LogP contribution in [0.1, 0.15) is 57.6 Å². The first kappa shape index (κ1) is 22.9. The number of rotatable bonds is 6. The molecule has 0 aliphatic heterocycles. The normalized spacial score (nSPS) is 21.0. The number of benzene rings is 1. The number of ether oxygens (including phenoxy) is 1. The lowest BCUT2D eigenvalue weighted by Gasteiger charge is -2.63. The zero-order valence-corrected chi connectivity index (χ0v) is 19.5. The summed E-state index contributed by atoms with van der Waals surface area (Å²) in [7, 11) is 0. The van der Waals surface area contributed by atoms with Gasteiger partial charge in [0.05, 0.1) is 22.5 Å². The molecule has 1 aromatic heterocycles. The van der Waals surface area contributed by atoms with Crippen molar-refractivity contribution < 1.29 is 9.53 Å². The maximum Gasteiger partial charge on any atom is 0.270 e. The number of nitriles is 1. The van der Waals surface area contributed by atoms with E-state index in [0.29, 0.717) is 28.1 Å². The minimum Gasteiger partial charge on any atom is -0.489 e. The second-order valence-corrected chi connectivity index (χ2v) is 9.94. The smallest absolute Gasteiger partial charge is 0.270 e. The van der Waals surface area contributed by atoms with Crippen LogP contribution < -0.4 is 15.4 Å². The highest BCUT2D eigenvalue weighted by molar-refractivity contribution is 6.31. The van der Waals surface area contributed by atoms with Gasteiger partial charge < -0.3 is 15.4 Å². The van der Waals surface area contributed by atoms with Crippen LogP contribution in [-0.2, 0) is 0 Å². The van der Waals surface area contributed by atoms with Gasteiger partial charge in [0.25, 0.3) is 5.91 Å². The molecule has 0 unspecified atom stereocenters. The highest BCUT2D eigenvalue weighted by atomic mass is 35.5. The number of anilines is 1. The van der Waals surface area contributed by atoms with Crippen molar-refractivity contribution in [3.05, 3.63) is 52.8 Å². The Morgan fingerprint density at radius 2 is 1.87 bits per heavy atom. The molecule has 7 heteroatoms. The van der Waals surface area contributed by atoms with Crippen molar-refractivity contribution in [3.63, 3.8) is 0 Å². The number of nitrogens with zero attached hydrogens (tertiary/aromatic N) is 2. The number of hydrogen-bond donors (Lipinski definition) is 2. The van der Waals surface area contributed by atoms with Gasteiger partial charge in [-0.3, -0.25) is 4.79 Å². The summed E-state index contributed by atoms with van der Waals surface area (Å²) in [6, 6.07) is 10.9. The molecule has 1 amide bonds. The quantitative estimate of drug-likeness (QED) is 0.657. The molecule has 1 aliphatic rings. The largest absolute Gasteiger partial charge is 0.489 e. The summed E-state index contributed by atoms with van der Waals surface area (Å²) in [6.07, 6.45) is 1.52. The monoisotopic (exact) mass is 440 g/mol. The van der Waals surface area contributed by atoms with Crippen molar-refractivity contribution in [2.75, 3.05) is 5.32 Å². The van der Waals surface area contributed by atoms with E-state index in [1.165, 1.54) is 0 Å². The van der Waals surface area contributed by atoms with Gasteiger partial charge in [0.15, 0.2) is 0 Å². The molecular formula is C24H29ClN4O2. The van der Waals surface area contributed by atoms with Gasteiger partial charge in [-0.1, -0.05) is 39.3 Å². The summed E-state index contributed by atoms with van der Waals surface area (Å²) < 4.78 is 6.26. The van der Waals surface area contributed by atoms with Gasteiger partial charge in [0.2, 0.25) is 0 Å². The third-order valence-corrected chi connectivity index (χ3v) is 6.19. The van der Waals surface area contributed by atoms with Gasteiger partial charge in [0.1, 0.15) is 23.6 Å². The Balaban J connectivity index is 1.71. The molecule has 1 heterocycles. The second-order valence-electron chi connectivity index (χ2n) is 9.53. The Kier molecular flexibility index (Phi) is 6.20. The van der Waals surface area contributed by atoms with Crippen LogP contribution >= 0.6 is 11.6 Å². The molecule has 0 atom stereocenters. The Labute approximate surface area is 189 Å². The second kappa shape index (κ2) is 8.39. The van der Waals surface area contributed by atoms with Crippen LogP contribution in [-0.4, -0.2) is 29.1 Å². The van der Waals surface area contributed by atoms with E-state index < -0.39 is 0 Å². The van der Waals surface area contributed by atoms with Gasteiger partial charge >= 0.3 is 0 Å². The SMILES string of the molecule is CC(C)Nc1ccc(C(=O)N[C@H]2C(C)(C)[C@H](Oc3ccc(C#N)c(Cl)c3)C2(C)C)nc1. The van der Waals surface area contributed by atoms with E-state index in [9.17, 15) is 4.79 Å². The molecule has 1 saturated carbocycles. The molecule has 1 aliphatic carbocycles. The predicted octanol–water partition coefficient (Wildman–Crippen LogP) is 5.04. The predicted molar refractivity (Wildman–Crippen MR) is 122 cm³/mol. The third kappa shape index (κ3) is 4.47. The van der Waals surface area contributed by atoms with Crippen LogP contribution in [0, 0.1) is 22.2 Å². The number of amides is 1. The van der Waals surface area contributed by atoms with Crippen LogP contribution in [0.5, 0.6) is 5.75 Å². The number of halogens is 1. The summed E-state index contributed by atoms with van der Waals surface area (Å²) in [5, 5.41) is 15.8. The van der Waals surface area contributed by atoms with E-state index in [4.69, 9.17) is 21.6 Å². The highest BCUT2D eigenvalue weighted by Crippen LogP contribution is 2.55. The summed E-state index contributed by atoms with van der Waals surface area (Å²) >= 11 is 6.15. The molecule has 2 aromatic rings. The first-order valence-electron chi connectivity index (χ1n) is 10.4. The fourth-order valence-electron chi connectivity index (χ4n) is 4.75. The zero-order chi connectivity index (χ0) is 23.0. The third-order valence-electron chi connectivity index (χ3n) is 5.88. The van der Waals surface area contributed by atoms with Crippen molar-refractivity contribution >= 4 is 23.2 Å². The van der Waals surface area contributed by atoms with E-state index in [0.717, 1.165) is 5.69 Å². The summed E-state index contributed by atoms with van der Waals surface area (Å²) in [5.74, 6) is 0.400. The fraction of sp³-hybridized carbons (Fsp3) is 0.458. The Morgan fingerprint density at radius 1 is 1.19 bits per heavy atom. The maximum atomic E-state index is 12.9. The van der Waals surface area contributed by atoms with Gasteiger partial charge in [-0.25, -0.2) is 4.98 Å². The average Bonchev–Trinajstić information content (AvgIpc) is 2.70. The van der Waals surface area contributed by atoms with Crippen LogP contribution in [0.4, 0.5) is 5.69 Å². The summed E-state index contributed by atoms with van der Waals surface area (Å²) in [5.41, 5.74) is 1.03. The molecular weight excluding hydrogens is 412 g/mol. The standard InChI is InChI=1S/C24H29ClN4O2/c1-14(2)28-16-8-10-19(27-13-16)20(30)29-21-23(3,4)22(24(21,5)6)31-17-9-7-15(12-26)18(25)11-17/h7-11,13-14,21-22,28H,1-6H3,(H,29,30)/t21-,22-. The molecule has 0 radical (unpaired) electrons. The first-order chi connectivity index (χ1) is 14.5. The van der Waals surface area contributed by atoms with Crippen LogP contribution in [0.25, 0.3) is 0 Å². The highest BCUT2D eigenvalue weighted by Gasteiger charge is 2.64. The number of aromatic nitrogens is 1. The molecule has 1 fully saturated rings. The molecule has 31 heavy (non-hydrogen) atoms. The molecule has 0 spiro atoms. The lowest BCUT2D eigenvalue weighted by atomic mass is 9.49. The minimum absolute atomic E-state index is 0.110. The van der Waals surface area contributed by atoms with E-state index in [-0.39, 0.29) is 28.9 Å². The first-order valence-corrected chi connectivity index (χ1v) is 10.7. The van der Waals surface area contributed by atoms with Crippen molar-refractivity contribution in [2.24, 2.45) is 10.8 Å². The lowest BCUT2D eigenvalue weighted by molar-refractivity contribution is -0.164. The maximum absolute atomic E-state index is 12.9. The number of pyridine rings is 1. The van der Waals surface area contributed by atoms with Gasteiger partial charge in [0, 0.05) is 29.0 Å². The fourth-order valence-corrected chi connectivity index (χ4v) is 4.96. The molecule has 3 rings (SSSR count).